The van der Waals surface area contributed by atoms with Crippen LogP contribution in [0, 0.1) is 34.0 Å². The average Bonchev–Trinajstić information content (AvgIpc) is 2.51. The summed E-state index contributed by atoms with van der Waals surface area (Å²) in [5.74, 6) is -12.8. The van der Waals surface area contributed by atoms with E-state index in [9.17, 15) is 35.3 Å². The molecule has 0 spiro atoms. The summed E-state index contributed by atoms with van der Waals surface area (Å²) >= 11 is 5.49. The molecular formula is C13H2F4I3O5S-. The van der Waals surface area contributed by atoms with Crippen molar-refractivity contribution < 1.29 is 40.1 Å². The fourth-order valence-electron chi connectivity index (χ4n) is 1.75. The highest BCUT2D eigenvalue weighted by Gasteiger charge is 2.32. The highest BCUT2D eigenvalue weighted by atomic mass is 127. The van der Waals surface area contributed by atoms with Gasteiger partial charge in [-0.05, 0) is 79.9 Å². The zero-order valence-electron chi connectivity index (χ0n) is 11.7. The number of rotatable bonds is 3. The maximum Gasteiger partial charge on any atom is 0.344 e. The molecule has 0 N–H and O–H groups in total. The minimum Gasteiger partial charge on any atom is -0.744 e. The molecule has 5 nitrogen and oxygen atoms in total. The first kappa shape index (κ1) is 22.0. The second-order valence-corrected chi connectivity index (χ2v) is 9.31. The van der Waals surface area contributed by atoms with Gasteiger partial charge in [0.15, 0.2) is 17.5 Å². The molecule has 2 aromatic rings. The summed E-state index contributed by atoms with van der Waals surface area (Å²) in [6.45, 7) is 0. The lowest BCUT2D eigenvalue weighted by molar-refractivity contribution is 0.0714. The second-order valence-electron chi connectivity index (χ2n) is 4.51. The summed E-state index contributed by atoms with van der Waals surface area (Å²) < 4.78 is 93.5. The summed E-state index contributed by atoms with van der Waals surface area (Å²) in [6.07, 6.45) is 0. The molecule has 0 aliphatic carbocycles. The van der Waals surface area contributed by atoms with Crippen LogP contribution in [-0.2, 0) is 10.1 Å². The number of carbonyl (C=O) groups is 1. The Morgan fingerprint density at radius 2 is 1.54 bits per heavy atom. The number of esters is 1. The van der Waals surface area contributed by atoms with Gasteiger partial charge in [0.1, 0.15) is 15.0 Å². The Balaban J connectivity index is 2.65. The fraction of sp³-hybridized carbons (Fsp3) is 0. The van der Waals surface area contributed by atoms with Gasteiger partial charge in [0.2, 0.25) is 11.6 Å². The Morgan fingerprint density at radius 3 is 2.08 bits per heavy atom. The molecule has 13 heteroatoms. The minimum absolute atomic E-state index is 0.156. The van der Waals surface area contributed by atoms with E-state index in [1.165, 1.54) is 6.07 Å². The normalized spacial score (nSPS) is 11.5. The van der Waals surface area contributed by atoms with E-state index < -0.39 is 50.0 Å². The van der Waals surface area contributed by atoms with Gasteiger partial charge in [0.25, 0.3) is 0 Å². The van der Waals surface area contributed by atoms with Crippen LogP contribution in [0.25, 0.3) is 0 Å². The zero-order chi connectivity index (χ0) is 20.0. The van der Waals surface area contributed by atoms with Crippen molar-refractivity contribution in [3.8, 4) is 5.75 Å². The number of benzene rings is 2. The van der Waals surface area contributed by atoms with Gasteiger partial charge in [0, 0.05) is 10.7 Å². The zero-order valence-corrected chi connectivity index (χ0v) is 19.0. The summed E-state index contributed by atoms with van der Waals surface area (Å²) in [4.78, 5) is 9.92. The molecule has 0 saturated carbocycles. The summed E-state index contributed by atoms with van der Waals surface area (Å²) in [7, 11) is -5.85. The maximum atomic E-state index is 14.1. The van der Waals surface area contributed by atoms with Crippen molar-refractivity contribution in [3.05, 3.63) is 51.7 Å². The maximum absolute atomic E-state index is 14.1. The lowest BCUT2D eigenvalue weighted by atomic mass is 10.2. The first-order valence-corrected chi connectivity index (χ1v) is 10.7. The molecule has 140 valence electrons. The number of hydrogen-bond donors (Lipinski definition) is 0. The largest absolute Gasteiger partial charge is 0.744 e. The molecule has 2 aromatic carbocycles. The molecule has 0 fully saturated rings. The predicted octanol–water partition coefficient (Wildman–Crippen LogP) is 4.18. The highest BCUT2D eigenvalue weighted by molar-refractivity contribution is 14.1. The van der Waals surface area contributed by atoms with Crippen LogP contribution in [0.4, 0.5) is 17.6 Å². The monoisotopic (exact) mass is 727 g/mol. The molecule has 0 saturated heterocycles. The molecule has 0 aliphatic rings. The first-order chi connectivity index (χ1) is 11.9. The SMILES string of the molecule is O=C(Oc1c(F)c(F)c(F)c(S(=O)(=O)[O-])c1F)c1cc(I)cc(I)c1I. The van der Waals surface area contributed by atoms with E-state index in [1.807, 2.05) is 45.2 Å². The van der Waals surface area contributed by atoms with Crippen LogP contribution in [0.15, 0.2) is 17.0 Å². The van der Waals surface area contributed by atoms with E-state index in [1.54, 1.807) is 28.7 Å². The fourth-order valence-corrected chi connectivity index (χ4v) is 4.75. The van der Waals surface area contributed by atoms with Gasteiger partial charge in [-0.15, -0.1) is 0 Å². The van der Waals surface area contributed by atoms with Gasteiger partial charge in [-0.25, -0.2) is 26.4 Å². The van der Waals surface area contributed by atoms with Crippen LogP contribution >= 0.6 is 67.8 Å². The standard InChI is InChI=1S/C13H3F4I3O5S/c14-6-7(15)11(9(17)12(8(6)16)26(22,23)24)25-13(21)4-1-3(18)2-5(19)10(4)20/h1-2H,(H,22,23,24)/p-1. The van der Waals surface area contributed by atoms with E-state index in [0.29, 0.717) is 10.7 Å². The van der Waals surface area contributed by atoms with Crippen molar-refractivity contribution in [2.45, 2.75) is 4.90 Å². The lowest BCUT2D eigenvalue weighted by Crippen LogP contribution is -2.17. The number of ether oxygens (including phenoxy) is 1. The van der Waals surface area contributed by atoms with Gasteiger partial charge in [-0.1, -0.05) is 0 Å². The van der Waals surface area contributed by atoms with Crippen molar-refractivity contribution in [1.29, 1.82) is 0 Å². The van der Waals surface area contributed by atoms with Crippen molar-refractivity contribution in [1.82, 2.24) is 0 Å². The number of carbonyl (C=O) groups excluding carboxylic acids is 1. The molecule has 0 aliphatic heterocycles. The van der Waals surface area contributed by atoms with E-state index >= 15 is 0 Å². The van der Waals surface area contributed by atoms with E-state index in [2.05, 4.69) is 4.74 Å². The van der Waals surface area contributed by atoms with Crippen LogP contribution in [0.2, 0.25) is 0 Å². The Bertz CT molecular complexity index is 1040. The van der Waals surface area contributed by atoms with Gasteiger partial charge in [0.05, 0.1) is 5.56 Å². The number of halogens is 7. The highest BCUT2D eigenvalue weighted by Crippen LogP contribution is 2.33. The first-order valence-electron chi connectivity index (χ1n) is 6.04. The van der Waals surface area contributed by atoms with Crippen LogP contribution < -0.4 is 4.74 Å². The van der Waals surface area contributed by atoms with Gasteiger partial charge < -0.3 is 9.29 Å². The van der Waals surface area contributed by atoms with Crippen molar-refractivity contribution in [2.75, 3.05) is 0 Å². The third-order valence-electron chi connectivity index (χ3n) is 2.84. The third kappa shape index (κ3) is 4.25. The molecule has 0 bridgehead atoms. The minimum atomic E-state index is -5.85. The Hall–Kier alpha value is -0.270. The lowest BCUT2D eigenvalue weighted by Gasteiger charge is -2.15. The molecular weight excluding hydrogens is 725 g/mol. The predicted molar refractivity (Wildman–Crippen MR) is 104 cm³/mol. The Kier molecular flexibility index (Phi) is 6.77. The molecule has 0 amide bonds. The molecule has 0 unspecified atom stereocenters. The van der Waals surface area contributed by atoms with E-state index in [0.717, 1.165) is 0 Å². The smallest absolute Gasteiger partial charge is 0.344 e. The summed E-state index contributed by atoms with van der Waals surface area (Å²) in [6, 6.07) is 2.98. The molecule has 2 rings (SSSR count). The average molecular weight is 727 g/mol. The van der Waals surface area contributed by atoms with E-state index in [-0.39, 0.29) is 5.56 Å². The summed E-state index contributed by atoms with van der Waals surface area (Å²) in [5.41, 5.74) is -0.156. The van der Waals surface area contributed by atoms with Crippen LogP contribution in [0.5, 0.6) is 5.75 Å². The topological polar surface area (TPSA) is 83.5 Å². The number of hydrogen-bond acceptors (Lipinski definition) is 5. The summed E-state index contributed by atoms with van der Waals surface area (Å²) in [5, 5.41) is 0. The van der Waals surface area contributed by atoms with Gasteiger partial charge in [-0.2, -0.15) is 4.39 Å². The quantitative estimate of drug-likeness (QED) is 0.0903. The van der Waals surface area contributed by atoms with Crippen molar-refractivity contribution >= 4 is 83.9 Å². The molecule has 0 heterocycles. The van der Waals surface area contributed by atoms with Gasteiger partial charge in [-0.3, -0.25) is 0 Å². The van der Waals surface area contributed by atoms with Crippen LogP contribution in [0.1, 0.15) is 10.4 Å². The van der Waals surface area contributed by atoms with Crippen molar-refractivity contribution in [2.24, 2.45) is 0 Å². The van der Waals surface area contributed by atoms with Crippen LogP contribution in [-0.4, -0.2) is 18.9 Å². The second kappa shape index (κ2) is 8.00. The van der Waals surface area contributed by atoms with Crippen LogP contribution in [0.3, 0.4) is 0 Å². The molecule has 0 aromatic heterocycles. The Morgan fingerprint density at radius 1 is 0.962 bits per heavy atom. The Labute approximate surface area is 184 Å². The van der Waals surface area contributed by atoms with Crippen molar-refractivity contribution in [3.63, 3.8) is 0 Å². The molecule has 0 radical (unpaired) electrons. The molecule has 26 heavy (non-hydrogen) atoms. The van der Waals surface area contributed by atoms with E-state index in [4.69, 9.17) is 0 Å². The molecule has 0 atom stereocenters. The van der Waals surface area contributed by atoms with Gasteiger partial charge >= 0.3 is 5.97 Å². The third-order valence-corrected chi connectivity index (χ3v) is 7.37.